The van der Waals surface area contributed by atoms with E-state index < -0.39 is 26.8 Å². The lowest BCUT2D eigenvalue weighted by Gasteiger charge is -2.16. The van der Waals surface area contributed by atoms with Gasteiger partial charge < -0.3 is 10.8 Å². The van der Waals surface area contributed by atoms with E-state index in [1.807, 2.05) is 18.2 Å². The molecule has 0 radical (unpaired) electrons. The predicted molar refractivity (Wildman–Crippen MR) is 133 cm³/mol. The van der Waals surface area contributed by atoms with Crippen LogP contribution in [0.1, 0.15) is 12.8 Å². The van der Waals surface area contributed by atoms with Gasteiger partial charge in [-0.25, -0.2) is 18.1 Å². The van der Waals surface area contributed by atoms with Gasteiger partial charge in [-0.2, -0.15) is 9.40 Å². The minimum atomic E-state index is -4.03. The molecular formula is C20H23N8O4S3+. The third kappa shape index (κ3) is 4.40. The molecule has 35 heavy (non-hydrogen) atoms. The maximum absolute atomic E-state index is 13.5. The first kappa shape index (κ1) is 24.1. The Kier molecular flexibility index (Phi) is 6.25. The van der Waals surface area contributed by atoms with Crippen molar-refractivity contribution in [3.63, 3.8) is 0 Å². The molecule has 1 fully saturated rings. The van der Waals surface area contributed by atoms with Crippen molar-refractivity contribution in [3.8, 4) is 22.5 Å². The number of nitrogen functional groups attached to an aromatic ring is 1. The highest BCUT2D eigenvalue weighted by Crippen LogP contribution is 2.45. The van der Waals surface area contributed by atoms with Crippen LogP contribution >= 0.6 is 11.3 Å². The van der Waals surface area contributed by atoms with Crippen molar-refractivity contribution >= 4 is 48.1 Å². The molecule has 0 amide bonds. The van der Waals surface area contributed by atoms with Crippen LogP contribution in [0.5, 0.6) is 0 Å². The maximum Gasteiger partial charge on any atom is 0.277 e. The fraction of sp³-hybridized carbons (Fsp3) is 0.300. The number of hydrogen-bond donors (Lipinski definition) is 5. The van der Waals surface area contributed by atoms with Crippen molar-refractivity contribution < 1.29 is 17.7 Å². The smallest absolute Gasteiger partial charge is 0.277 e. The molecule has 2 aromatic heterocycles. The van der Waals surface area contributed by atoms with Crippen molar-refractivity contribution in [2.45, 2.75) is 22.6 Å². The molecular weight excluding hydrogens is 512 g/mol. The van der Waals surface area contributed by atoms with Gasteiger partial charge in [-0.15, -0.1) is 15.3 Å². The fourth-order valence-corrected chi connectivity index (χ4v) is 7.27. The van der Waals surface area contributed by atoms with Crippen LogP contribution in [0.4, 0.5) is 5.13 Å². The molecule has 1 saturated carbocycles. The van der Waals surface area contributed by atoms with E-state index in [-0.39, 0.29) is 28.8 Å². The van der Waals surface area contributed by atoms with Gasteiger partial charge in [0.05, 0.1) is 22.9 Å². The number of aliphatic hydroxyl groups is 1. The molecule has 1 atom stereocenters. The van der Waals surface area contributed by atoms with Crippen LogP contribution in [0, 0.1) is 5.41 Å². The molecule has 1 aliphatic rings. The Hall–Kier alpha value is -2.66. The van der Waals surface area contributed by atoms with Crippen LogP contribution in [0.25, 0.3) is 32.7 Å². The summed E-state index contributed by atoms with van der Waals surface area (Å²) in [6.07, 6.45) is 1.51. The summed E-state index contributed by atoms with van der Waals surface area (Å²) in [7, 11) is -2.64. The van der Waals surface area contributed by atoms with Crippen LogP contribution in [0.2, 0.25) is 0 Å². The Balaban J connectivity index is 1.74. The zero-order chi connectivity index (χ0) is 24.8. The Morgan fingerprint density at radius 3 is 2.74 bits per heavy atom. The van der Waals surface area contributed by atoms with Crippen LogP contribution in [0.15, 0.2) is 40.1 Å². The highest BCUT2D eigenvalue weighted by Gasteiger charge is 2.44. The van der Waals surface area contributed by atoms with E-state index in [1.54, 1.807) is 6.07 Å². The van der Waals surface area contributed by atoms with Gasteiger partial charge in [0.2, 0.25) is 20.7 Å². The molecule has 1 aliphatic carbocycles. The summed E-state index contributed by atoms with van der Waals surface area (Å²) in [4.78, 5) is 4.61. The molecule has 15 heteroatoms. The molecule has 1 unspecified atom stereocenters. The molecule has 5 rings (SSSR count). The van der Waals surface area contributed by atoms with Crippen LogP contribution in [0.3, 0.4) is 0 Å². The lowest BCUT2D eigenvalue weighted by atomic mass is 9.98. The van der Waals surface area contributed by atoms with Crippen LogP contribution in [-0.4, -0.2) is 59.4 Å². The summed E-state index contributed by atoms with van der Waals surface area (Å²) in [5.74, 6) is 0.154. The van der Waals surface area contributed by atoms with Gasteiger partial charge in [-0.1, -0.05) is 29.5 Å². The largest absolute Gasteiger partial charge is 0.396 e. The normalized spacial score (nSPS) is 16.0. The molecule has 4 aromatic rings. The Morgan fingerprint density at radius 1 is 1.29 bits per heavy atom. The highest BCUT2D eigenvalue weighted by molar-refractivity contribution is 7.93. The molecule has 184 valence electrons. The SMILES string of the molecule is CO[S+](N)c1c(S(=O)(=O)NCC2(CO)CC2)ccc(-c2cccc3sc(N)nc23)c1-c1nn[nH]n1. The number of aromatic nitrogens is 5. The number of anilines is 1. The third-order valence-electron chi connectivity index (χ3n) is 6.02. The number of aliphatic hydroxyl groups excluding tert-OH is 1. The lowest BCUT2D eigenvalue weighted by Crippen LogP contribution is -2.33. The molecule has 0 aliphatic heterocycles. The molecule has 0 saturated heterocycles. The Bertz CT molecular complexity index is 1490. The van der Waals surface area contributed by atoms with Gasteiger partial charge in [-0.3, -0.25) is 0 Å². The summed E-state index contributed by atoms with van der Waals surface area (Å²) in [6, 6.07) is 8.78. The minimum absolute atomic E-state index is 0.0626. The average Bonchev–Trinajstić information content (AvgIpc) is 3.23. The van der Waals surface area contributed by atoms with Crippen molar-refractivity contribution in [2.24, 2.45) is 10.6 Å². The monoisotopic (exact) mass is 535 g/mol. The Morgan fingerprint density at radius 2 is 2.09 bits per heavy atom. The first-order valence-corrected chi connectivity index (χ1v) is 14.0. The number of hydrogen-bond acceptors (Lipinski definition) is 11. The van der Waals surface area contributed by atoms with E-state index >= 15 is 0 Å². The highest BCUT2D eigenvalue weighted by atomic mass is 32.2. The van der Waals surface area contributed by atoms with Crippen molar-refractivity contribution in [3.05, 3.63) is 30.3 Å². The van der Waals surface area contributed by atoms with Crippen molar-refractivity contribution in [1.29, 1.82) is 0 Å². The quantitative estimate of drug-likeness (QED) is 0.194. The minimum Gasteiger partial charge on any atom is -0.396 e. The van der Waals surface area contributed by atoms with E-state index in [0.717, 1.165) is 17.5 Å². The lowest BCUT2D eigenvalue weighted by molar-refractivity contribution is 0.213. The molecule has 12 nitrogen and oxygen atoms in total. The number of thiazole rings is 1. The summed E-state index contributed by atoms with van der Waals surface area (Å²) in [6.45, 7) is 0.0306. The number of rotatable bonds is 9. The number of benzene rings is 2. The van der Waals surface area contributed by atoms with E-state index in [0.29, 0.717) is 27.3 Å². The number of tetrazole rings is 1. The van der Waals surface area contributed by atoms with E-state index in [9.17, 15) is 13.5 Å². The van der Waals surface area contributed by atoms with Crippen LogP contribution in [-0.2, 0) is 25.6 Å². The van der Waals surface area contributed by atoms with E-state index in [1.165, 1.54) is 24.5 Å². The Labute approximate surface area is 207 Å². The average molecular weight is 536 g/mol. The third-order valence-corrected chi connectivity index (χ3v) is 9.62. The number of nitrogens with one attached hydrogen (secondary N) is 2. The molecule has 2 heterocycles. The molecule has 7 N–H and O–H groups in total. The second-order valence-electron chi connectivity index (χ2n) is 8.20. The van der Waals surface area contributed by atoms with Crippen LogP contribution < -0.4 is 15.6 Å². The fourth-order valence-electron chi connectivity index (χ4n) is 3.85. The van der Waals surface area contributed by atoms with Gasteiger partial charge in [0.25, 0.3) is 11.4 Å². The van der Waals surface area contributed by atoms with Gasteiger partial charge in [0, 0.05) is 29.7 Å². The number of para-hydroxylation sites is 1. The second-order valence-corrected chi connectivity index (χ2v) is 12.3. The topological polar surface area (TPSA) is 195 Å². The molecule has 0 bridgehead atoms. The second kappa shape index (κ2) is 9.09. The summed E-state index contributed by atoms with van der Waals surface area (Å²) in [5.41, 5.74) is 7.87. The number of aromatic amines is 1. The molecule has 2 aromatic carbocycles. The van der Waals surface area contributed by atoms with Crippen molar-refractivity contribution in [2.75, 3.05) is 26.0 Å². The number of fused-ring (bicyclic) bond motifs is 1. The number of H-pyrrole nitrogens is 1. The standard InChI is InChI=1S/C20H23N8O4S3/c1-32-34(22)17-14(35(30,31)23-9-20(10-29)7-8-20)6-5-11(15(17)18-25-27-28-26-18)12-3-2-4-13-16(12)24-19(21)33-13/h2-6,23,29H,7-10,22H2,1H3,(H2,21,24)(H,25,26,27,28)/q+1. The maximum atomic E-state index is 13.5. The van der Waals surface area contributed by atoms with E-state index in [4.69, 9.17) is 15.1 Å². The summed E-state index contributed by atoms with van der Waals surface area (Å²) < 4.78 is 35.8. The number of sulfonamides is 1. The number of nitrogens with two attached hydrogens (primary N) is 2. The number of nitrogens with zero attached hydrogens (tertiary/aromatic N) is 4. The first-order valence-electron chi connectivity index (χ1n) is 10.5. The first-order chi connectivity index (χ1) is 16.8. The van der Waals surface area contributed by atoms with Gasteiger partial charge in [0.1, 0.15) is 4.90 Å². The zero-order valence-corrected chi connectivity index (χ0v) is 21.0. The predicted octanol–water partition coefficient (Wildman–Crippen LogP) is 1.19. The summed E-state index contributed by atoms with van der Waals surface area (Å²) >= 11 is -0.104. The van der Waals surface area contributed by atoms with Gasteiger partial charge in [-0.05, 0) is 30.2 Å². The zero-order valence-electron chi connectivity index (χ0n) is 18.6. The van der Waals surface area contributed by atoms with E-state index in [2.05, 4.69) is 30.3 Å². The summed E-state index contributed by atoms with van der Waals surface area (Å²) in [5, 5.41) is 30.7. The molecule has 0 spiro atoms. The van der Waals surface area contributed by atoms with Gasteiger partial charge in [0.15, 0.2) is 5.13 Å². The van der Waals surface area contributed by atoms with Crippen molar-refractivity contribution in [1.82, 2.24) is 30.3 Å². The van der Waals surface area contributed by atoms with Gasteiger partial charge >= 0.3 is 0 Å².